The van der Waals surface area contributed by atoms with Crippen molar-refractivity contribution in [3.63, 3.8) is 0 Å². The number of hydrogen-bond donors (Lipinski definition) is 1. The van der Waals surface area contributed by atoms with E-state index >= 15 is 0 Å². The van der Waals surface area contributed by atoms with E-state index in [1.165, 1.54) is 24.0 Å². The van der Waals surface area contributed by atoms with E-state index in [1.807, 2.05) is 17.0 Å². The molecule has 1 fully saturated rings. The molecule has 1 aliphatic heterocycles. The Morgan fingerprint density at radius 1 is 1.08 bits per heavy atom. The summed E-state index contributed by atoms with van der Waals surface area (Å²) < 4.78 is 0. The van der Waals surface area contributed by atoms with Crippen molar-refractivity contribution >= 4 is 11.6 Å². The van der Waals surface area contributed by atoms with E-state index in [0.29, 0.717) is 5.69 Å². The van der Waals surface area contributed by atoms with Gasteiger partial charge in [0, 0.05) is 31.5 Å². The van der Waals surface area contributed by atoms with Crippen molar-refractivity contribution in [3.8, 4) is 0 Å². The summed E-state index contributed by atoms with van der Waals surface area (Å²) in [5.41, 5.74) is 3.94. The Hall–Kier alpha value is -2.36. The van der Waals surface area contributed by atoms with Crippen LogP contribution in [0.15, 0.2) is 42.6 Å². The van der Waals surface area contributed by atoms with E-state index < -0.39 is 0 Å². The fraction of sp³-hybridized carbons (Fsp3) is 0.400. The Kier molecular flexibility index (Phi) is 5.47. The fourth-order valence-electron chi connectivity index (χ4n) is 3.00. The molecule has 0 spiro atoms. The van der Waals surface area contributed by atoms with Gasteiger partial charge in [-0.3, -0.25) is 9.78 Å². The Morgan fingerprint density at radius 3 is 2.50 bits per heavy atom. The second kappa shape index (κ2) is 7.95. The molecule has 126 valence electrons. The molecule has 2 heterocycles. The monoisotopic (exact) mass is 323 g/mol. The van der Waals surface area contributed by atoms with Crippen LogP contribution in [0.5, 0.6) is 0 Å². The van der Waals surface area contributed by atoms with Crippen LogP contribution in [0.1, 0.15) is 47.3 Å². The van der Waals surface area contributed by atoms with Crippen molar-refractivity contribution in [1.29, 1.82) is 0 Å². The number of rotatable bonds is 4. The van der Waals surface area contributed by atoms with Gasteiger partial charge in [-0.05, 0) is 37.5 Å². The summed E-state index contributed by atoms with van der Waals surface area (Å²) in [6, 6.07) is 12.2. The highest BCUT2D eigenvalue weighted by Crippen LogP contribution is 2.15. The maximum Gasteiger partial charge on any atom is 0.272 e. The molecule has 1 N–H and O–H groups in total. The molecule has 3 rings (SSSR count). The lowest BCUT2D eigenvalue weighted by Gasteiger charge is -2.20. The number of hydrogen-bond acceptors (Lipinski definition) is 3. The van der Waals surface area contributed by atoms with Crippen LogP contribution < -0.4 is 5.32 Å². The molecule has 0 unspecified atom stereocenters. The molecular weight excluding hydrogens is 298 g/mol. The number of nitrogens with one attached hydrogen (secondary N) is 1. The van der Waals surface area contributed by atoms with Crippen LogP contribution in [-0.2, 0) is 6.54 Å². The average molecular weight is 323 g/mol. The number of likely N-dealkylation sites (tertiary alicyclic amines) is 1. The molecule has 1 aromatic heterocycles. The zero-order valence-electron chi connectivity index (χ0n) is 14.3. The summed E-state index contributed by atoms with van der Waals surface area (Å²) in [5, 5.41) is 3.38. The normalized spacial score (nSPS) is 15.0. The van der Waals surface area contributed by atoms with Gasteiger partial charge in [0.25, 0.3) is 5.91 Å². The number of anilines is 1. The topological polar surface area (TPSA) is 45.2 Å². The highest BCUT2D eigenvalue weighted by Gasteiger charge is 2.18. The lowest BCUT2D eigenvalue weighted by Crippen LogP contribution is -2.32. The number of aryl methyl sites for hydroxylation is 1. The smallest absolute Gasteiger partial charge is 0.272 e. The second-order valence-electron chi connectivity index (χ2n) is 6.48. The van der Waals surface area contributed by atoms with Gasteiger partial charge in [-0.1, -0.05) is 42.7 Å². The van der Waals surface area contributed by atoms with Crippen LogP contribution in [0.25, 0.3) is 0 Å². The minimum atomic E-state index is 0.0517. The third-order valence-electron chi connectivity index (χ3n) is 4.49. The third-order valence-corrected chi connectivity index (χ3v) is 4.49. The molecule has 4 heteroatoms. The number of carbonyl (C=O) groups is 1. The van der Waals surface area contributed by atoms with E-state index in [4.69, 9.17) is 0 Å². The molecule has 1 aliphatic rings. The van der Waals surface area contributed by atoms with Crippen molar-refractivity contribution < 1.29 is 4.79 Å². The van der Waals surface area contributed by atoms with E-state index in [-0.39, 0.29) is 5.91 Å². The largest absolute Gasteiger partial charge is 0.381 e. The number of nitrogens with zero attached hydrogens (tertiary/aromatic N) is 2. The van der Waals surface area contributed by atoms with Gasteiger partial charge in [-0.15, -0.1) is 0 Å². The van der Waals surface area contributed by atoms with Gasteiger partial charge in [-0.2, -0.15) is 0 Å². The Bertz CT molecular complexity index is 674. The Labute approximate surface area is 143 Å². The fourth-order valence-corrected chi connectivity index (χ4v) is 3.00. The zero-order valence-corrected chi connectivity index (χ0v) is 14.3. The SMILES string of the molecule is Cc1ccc(CNc2ccnc(C(=O)N3CCCCCC3)c2)cc1. The standard InChI is InChI=1S/C20H25N3O/c1-16-6-8-17(9-7-16)15-22-18-10-11-21-19(14-18)20(24)23-12-4-2-3-5-13-23/h6-11,14H,2-5,12-13,15H2,1H3,(H,21,22). The highest BCUT2D eigenvalue weighted by atomic mass is 16.2. The molecular formula is C20H25N3O. The minimum absolute atomic E-state index is 0.0517. The van der Waals surface area contributed by atoms with Crippen molar-refractivity contribution in [2.24, 2.45) is 0 Å². The summed E-state index contributed by atoms with van der Waals surface area (Å²) >= 11 is 0. The zero-order chi connectivity index (χ0) is 16.8. The molecule has 0 bridgehead atoms. The lowest BCUT2D eigenvalue weighted by molar-refractivity contribution is 0.0756. The molecule has 1 saturated heterocycles. The molecule has 0 saturated carbocycles. The molecule has 2 aromatic rings. The van der Waals surface area contributed by atoms with E-state index in [0.717, 1.165) is 38.2 Å². The average Bonchev–Trinajstić information content (AvgIpc) is 2.90. The lowest BCUT2D eigenvalue weighted by atomic mass is 10.1. The maximum atomic E-state index is 12.7. The van der Waals surface area contributed by atoms with Crippen molar-refractivity contribution in [2.45, 2.75) is 39.2 Å². The Balaban J connectivity index is 1.64. The van der Waals surface area contributed by atoms with Crippen LogP contribution in [0, 0.1) is 6.92 Å². The summed E-state index contributed by atoms with van der Waals surface area (Å²) in [7, 11) is 0. The predicted octanol–water partition coefficient (Wildman–Crippen LogP) is 4.02. The van der Waals surface area contributed by atoms with Crippen molar-refractivity contribution in [1.82, 2.24) is 9.88 Å². The van der Waals surface area contributed by atoms with Gasteiger partial charge >= 0.3 is 0 Å². The molecule has 0 aliphatic carbocycles. The number of carbonyl (C=O) groups excluding carboxylic acids is 1. The first-order valence-electron chi connectivity index (χ1n) is 8.77. The van der Waals surface area contributed by atoms with Crippen LogP contribution in [0.3, 0.4) is 0 Å². The number of aromatic nitrogens is 1. The first kappa shape index (κ1) is 16.5. The van der Waals surface area contributed by atoms with Gasteiger partial charge in [0.1, 0.15) is 5.69 Å². The quantitative estimate of drug-likeness (QED) is 0.924. The molecule has 1 aromatic carbocycles. The Morgan fingerprint density at radius 2 is 1.79 bits per heavy atom. The maximum absolute atomic E-state index is 12.7. The van der Waals surface area contributed by atoms with Gasteiger partial charge in [0.2, 0.25) is 0 Å². The molecule has 0 atom stereocenters. The summed E-state index contributed by atoms with van der Waals surface area (Å²) in [4.78, 5) is 18.9. The van der Waals surface area contributed by atoms with Gasteiger partial charge < -0.3 is 10.2 Å². The van der Waals surface area contributed by atoms with Gasteiger partial charge in [-0.25, -0.2) is 0 Å². The van der Waals surface area contributed by atoms with Crippen LogP contribution in [0.4, 0.5) is 5.69 Å². The highest BCUT2D eigenvalue weighted by molar-refractivity contribution is 5.93. The third kappa shape index (κ3) is 4.34. The number of amides is 1. The predicted molar refractivity (Wildman–Crippen MR) is 97.1 cm³/mol. The molecule has 24 heavy (non-hydrogen) atoms. The number of pyridine rings is 1. The minimum Gasteiger partial charge on any atom is -0.381 e. The van der Waals surface area contributed by atoms with E-state index in [2.05, 4.69) is 41.5 Å². The summed E-state index contributed by atoms with van der Waals surface area (Å²) in [6.45, 7) is 4.52. The van der Waals surface area contributed by atoms with Gasteiger partial charge in [0.15, 0.2) is 0 Å². The van der Waals surface area contributed by atoms with Gasteiger partial charge in [0.05, 0.1) is 0 Å². The van der Waals surface area contributed by atoms with Crippen molar-refractivity contribution in [3.05, 3.63) is 59.4 Å². The van der Waals surface area contributed by atoms with E-state index in [9.17, 15) is 4.79 Å². The summed E-state index contributed by atoms with van der Waals surface area (Å²) in [5.74, 6) is 0.0517. The van der Waals surface area contributed by atoms with Crippen LogP contribution in [-0.4, -0.2) is 28.9 Å². The molecule has 1 amide bonds. The van der Waals surface area contributed by atoms with Crippen LogP contribution >= 0.6 is 0 Å². The number of benzene rings is 1. The molecule has 0 radical (unpaired) electrons. The van der Waals surface area contributed by atoms with E-state index in [1.54, 1.807) is 6.20 Å². The first-order valence-corrected chi connectivity index (χ1v) is 8.77. The summed E-state index contributed by atoms with van der Waals surface area (Å²) in [6.07, 6.45) is 6.33. The van der Waals surface area contributed by atoms with Crippen molar-refractivity contribution in [2.75, 3.05) is 18.4 Å². The molecule has 4 nitrogen and oxygen atoms in total. The van der Waals surface area contributed by atoms with Crippen LogP contribution in [0.2, 0.25) is 0 Å². The second-order valence-corrected chi connectivity index (χ2v) is 6.48. The first-order chi connectivity index (χ1) is 11.7.